The Hall–Kier alpha value is -2.60. The summed E-state index contributed by atoms with van der Waals surface area (Å²) in [5.74, 6) is -0.652. The summed E-state index contributed by atoms with van der Waals surface area (Å²) < 4.78 is 39.6. The van der Waals surface area contributed by atoms with E-state index in [1.807, 2.05) is 4.90 Å². The number of piperazine rings is 1. The average molecular weight is 434 g/mol. The fourth-order valence-electron chi connectivity index (χ4n) is 5.15. The van der Waals surface area contributed by atoms with Gasteiger partial charge in [0.05, 0.1) is 23.7 Å². The van der Waals surface area contributed by atoms with Crippen LogP contribution in [0.25, 0.3) is 0 Å². The number of rotatable bonds is 4. The molecule has 0 aliphatic carbocycles. The van der Waals surface area contributed by atoms with E-state index in [9.17, 15) is 28.0 Å². The minimum Gasteiger partial charge on any atom is -0.326 e. The number of anilines is 1. The van der Waals surface area contributed by atoms with E-state index in [0.29, 0.717) is 38.0 Å². The van der Waals surface area contributed by atoms with Crippen LogP contribution in [0.3, 0.4) is 0 Å². The molecule has 3 aliphatic rings. The number of nitriles is 1. The van der Waals surface area contributed by atoms with Crippen molar-refractivity contribution in [3.63, 3.8) is 0 Å². The molecule has 3 fully saturated rings. The Morgan fingerprint density at radius 1 is 1.32 bits per heavy atom. The minimum atomic E-state index is -4.47. The monoisotopic (exact) mass is 434 g/mol. The number of amides is 2. The Morgan fingerprint density at radius 3 is 2.71 bits per heavy atom. The third kappa shape index (κ3) is 3.89. The molecule has 9 heteroatoms. The van der Waals surface area contributed by atoms with E-state index in [2.05, 4.69) is 6.07 Å². The smallest absolute Gasteiger partial charge is 0.326 e. The van der Waals surface area contributed by atoms with Crippen LogP contribution in [0.4, 0.5) is 18.9 Å². The lowest BCUT2D eigenvalue weighted by Crippen LogP contribution is -2.53. The van der Waals surface area contributed by atoms with E-state index >= 15 is 0 Å². The molecule has 2 bridgehead atoms. The molecule has 1 aromatic rings. The van der Waals surface area contributed by atoms with Crippen molar-refractivity contribution in [2.75, 3.05) is 24.5 Å². The van der Waals surface area contributed by atoms with Crippen LogP contribution in [0.2, 0.25) is 0 Å². The number of alkyl halides is 3. The van der Waals surface area contributed by atoms with E-state index in [1.165, 1.54) is 4.90 Å². The molecule has 0 radical (unpaired) electrons. The summed E-state index contributed by atoms with van der Waals surface area (Å²) in [4.78, 5) is 30.9. The second kappa shape index (κ2) is 7.83. The third-order valence-electron chi connectivity index (χ3n) is 6.55. The maximum atomic E-state index is 13.2. The zero-order valence-corrected chi connectivity index (χ0v) is 17.5. The summed E-state index contributed by atoms with van der Waals surface area (Å²) >= 11 is 0. The van der Waals surface area contributed by atoms with Crippen molar-refractivity contribution in [1.82, 2.24) is 9.80 Å². The quantitative estimate of drug-likeness (QED) is 0.731. The molecule has 3 heterocycles. The maximum absolute atomic E-state index is 13.2. The highest BCUT2D eigenvalue weighted by Crippen LogP contribution is 2.39. The zero-order chi connectivity index (χ0) is 22.5. The van der Waals surface area contributed by atoms with Gasteiger partial charge < -0.3 is 9.80 Å². The highest BCUT2D eigenvalue weighted by molar-refractivity contribution is 6.01. The van der Waals surface area contributed by atoms with Crippen LogP contribution in [0, 0.1) is 24.2 Å². The van der Waals surface area contributed by atoms with E-state index in [4.69, 9.17) is 0 Å². The first kappa shape index (κ1) is 21.6. The molecule has 3 saturated heterocycles. The predicted octanol–water partition coefficient (Wildman–Crippen LogP) is 2.95. The van der Waals surface area contributed by atoms with Gasteiger partial charge in [0.2, 0.25) is 11.8 Å². The van der Waals surface area contributed by atoms with Gasteiger partial charge in [-0.05, 0) is 49.9 Å². The Morgan fingerprint density at radius 2 is 2.06 bits per heavy atom. The highest BCUT2D eigenvalue weighted by Gasteiger charge is 2.51. The standard InChI is InChI=1S/C22H25F3N4O2/c1-13-6-15(22(23,24)25)8-17(7-13)29-18-9-19(21(29)31)27(12-18)11-14(2)20(30)28-5-3-4-16(28)10-26/h6-8,14,16,18-19H,3-5,9,11-12H2,1-2H3/t14-,16-,18+,19+/m0/s1. The molecule has 166 valence electrons. The molecule has 2 amide bonds. The normalized spacial score (nSPS) is 27.1. The predicted molar refractivity (Wildman–Crippen MR) is 107 cm³/mol. The minimum absolute atomic E-state index is 0.0790. The average Bonchev–Trinajstić information content (AvgIpc) is 3.40. The fraction of sp³-hybridized carbons (Fsp3) is 0.591. The Bertz CT molecular complexity index is 942. The molecule has 1 aromatic carbocycles. The Labute approximate surface area is 179 Å². The molecule has 6 nitrogen and oxygen atoms in total. The molecule has 0 spiro atoms. The molecule has 4 rings (SSSR count). The van der Waals surface area contributed by atoms with Gasteiger partial charge in [0, 0.05) is 31.2 Å². The van der Waals surface area contributed by atoms with Crippen molar-refractivity contribution in [2.24, 2.45) is 5.92 Å². The lowest BCUT2D eigenvalue weighted by Gasteiger charge is -2.36. The fourth-order valence-corrected chi connectivity index (χ4v) is 5.15. The second-order valence-corrected chi connectivity index (χ2v) is 8.84. The molecule has 4 atom stereocenters. The summed E-state index contributed by atoms with van der Waals surface area (Å²) in [5.41, 5.74) is -0.0246. The van der Waals surface area contributed by atoms with Crippen molar-refractivity contribution < 1.29 is 22.8 Å². The highest BCUT2D eigenvalue weighted by atomic mass is 19.4. The summed E-state index contributed by atoms with van der Waals surface area (Å²) in [6.45, 7) is 4.89. The van der Waals surface area contributed by atoms with Gasteiger partial charge in [0.15, 0.2) is 0 Å². The van der Waals surface area contributed by atoms with Crippen LogP contribution in [0.15, 0.2) is 18.2 Å². The number of hydrogen-bond acceptors (Lipinski definition) is 4. The van der Waals surface area contributed by atoms with Crippen LogP contribution in [-0.2, 0) is 15.8 Å². The molecule has 31 heavy (non-hydrogen) atoms. The maximum Gasteiger partial charge on any atom is 0.416 e. The van der Waals surface area contributed by atoms with Crippen molar-refractivity contribution in [3.8, 4) is 6.07 Å². The first-order chi connectivity index (χ1) is 14.6. The van der Waals surface area contributed by atoms with Crippen molar-refractivity contribution in [1.29, 1.82) is 5.26 Å². The van der Waals surface area contributed by atoms with Gasteiger partial charge in [-0.3, -0.25) is 14.5 Å². The number of likely N-dealkylation sites (tertiary alicyclic amines) is 2. The zero-order valence-electron chi connectivity index (χ0n) is 17.5. The summed E-state index contributed by atoms with van der Waals surface area (Å²) in [7, 11) is 0. The van der Waals surface area contributed by atoms with E-state index in [1.54, 1.807) is 24.8 Å². The second-order valence-electron chi connectivity index (χ2n) is 8.84. The van der Waals surface area contributed by atoms with Gasteiger partial charge >= 0.3 is 6.18 Å². The molecular formula is C22H25F3N4O2. The first-order valence-corrected chi connectivity index (χ1v) is 10.6. The van der Waals surface area contributed by atoms with Crippen molar-refractivity contribution in [2.45, 2.75) is 57.4 Å². The van der Waals surface area contributed by atoms with Crippen LogP contribution in [0.5, 0.6) is 0 Å². The number of carbonyl (C=O) groups excluding carboxylic acids is 2. The van der Waals surface area contributed by atoms with Gasteiger partial charge in [-0.15, -0.1) is 0 Å². The van der Waals surface area contributed by atoms with Crippen LogP contribution in [-0.4, -0.2) is 59.4 Å². The topological polar surface area (TPSA) is 67.7 Å². The van der Waals surface area contributed by atoms with Crippen LogP contribution < -0.4 is 4.90 Å². The number of fused-ring (bicyclic) bond motifs is 2. The Kier molecular flexibility index (Phi) is 5.46. The van der Waals surface area contributed by atoms with E-state index in [0.717, 1.165) is 18.6 Å². The number of aryl methyl sites for hydroxylation is 1. The van der Waals surface area contributed by atoms with E-state index in [-0.39, 0.29) is 35.5 Å². The Balaban J connectivity index is 1.46. The van der Waals surface area contributed by atoms with Crippen molar-refractivity contribution >= 4 is 17.5 Å². The van der Waals surface area contributed by atoms with Gasteiger partial charge in [-0.25, -0.2) is 0 Å². The van der Waals surface area contributed by atoms with Crippen LogP contribution >= 0.6 is 0 Å². The first-order valence-electron chi connectivity index (χ1n) is 10.6. The molecule has 3 aliphatic heterocycles. The number of nitrogens with zero attached hydrogens (tertiary/aromatic N) is 4. The molecular weight excluding hydrogens is 409 g/mol. The number of benzene rings is 1. The van der Waals surface area contributed by atoms with Gasteiger partial charge in [0.1, 0.15) is 6.04 Å². The molecule has 0 aromatic heterocycles. The summed E-state index contributed by atoms with van der Waals surface area (Å²) in [5, 5.41) is 9.22. The lowest BCUT2D eigenvalue weighted by atomic mass is 10.1. The SMILES string of the molecule is Cc1cc(N2C(=O)[C@H]3C[C@@H]2CN3C[C@H](C)C(=O)N2CCC[C@H]2C#N)cc(C(F)(F)F)c1. The molecule has 0 unspecified atom stereocenters. The number of hydrogen-bond donors (Lipinski definition) is 0. The van der Waals surface area contributed by atoms with E-state index < -0.39 is 17.8 Å². The van der Waals surface area contributed by atoms with Crippen LogP contribution in [0.1, 0.15) is 37.3 Å². The third-order valence-corrected chi connectivity index (χ3v) is 6.55. The largest absolute Gasteiger partial charge is 0.416 e. The molecule has 0 N–H and O–H groups in total. The van der Waals surface area contributed by atoms with Gasteiger partial charge in [-0.2, -0.15) is 18.4 Å². The lowest BCUT2D eigenvalue weighted by molar-refractivity contribution is -0.137. The van der Waals surface area contributed by atoms with Gasteiger partial charge in [0.25, 0.3) is 0 Å². The number of carbonyl (C=O) groups is 2. The van der Waals surface area contributed by atoms with Gasteiger partial charge in [-0.1, -0.05) is 6.92 Å². The number of halogens is 3. The summed E-state index contributed by atoms with van der Waals surface area (Å²) in [6.07, 6.45) is -2.43. The van der Waals surface area contributed by atoms with Crippen molar-refractivity contribution in [3.05, 3.63) is 29.3 Å². The summed E-state index contributed by atoms with van der Waals surface area (Å²) in [6, 6.07) is 4.88. The molecule has 0 saturated carbocycles.